The van der Waals surface area contributed by atoms with E-state index in [9.17, 15) is 0 Å². The van der Waals surface area contributed by atoms with Crippen LogP contribution in [0.1, 0.15) is 0 Å². The second kappa shape index (κ2) is 4.33. The van der Waals surface area contributed by atoms with Gasteiger partial charge in [-0.1, -0.05) is 19.7 Å². The summed E-state index contributed by atoms with van der Waals surface area (Å²) in [5.74, 6) is 0. The molecule has 0 bridgehead atoms. The van der Waals surface area contributed by atoms with E-state index in [1.807, 2.05) is 18.6 Å². The average molecular weight is 213 g/mol. The van der Waals surface area contributed by atoms with E-state index in [1.54, 1.807) is 0 Å². The van der Waals surface area contributed by atoms with Gasteiger partial charge in [-0.05, 0) is 18.6 Å². The van der Waals surface area contributed by atoms with Crippen molar-refractivity contribution in [1.29, 1.82) is 0 Å². The van der Waals surface area contributed by atoms with Crippen molar-refractivity contribution in [2.45, 2.75) is 0 Å². The second-order valence-electron chi connectivity index (χ2n) is 2.74. The van der Waals surface area contributed by atoms with E-state index in [4.69, 9.17) is 0 Å². The standard InChI is InChI=1S/C6H15N3Si3/c1-4-7-10-8(5-2)12-9(6-3)11-7/h4-6H,1-3,10-12H2. The molecule has 1 rings (SSSR count). The number of hydrogen-bond donors (Lipinski definition) is 0. The molecule has 0 unspecified atom stereocenters. The Morgan fingerprint density at radius 2 is 0.917 bits per heavy atom. The minimum Gasteiger partial charge on any atom is -0.409 e. The number of nitrogens with zero attached hydrogens (tertiary/aromatic N) is 3. The lowest BCUT2D eigenvalue weighted by Crippen LogP contribution is -2.55. The van der Waals surface area contributed by atoms with E-state index in [1.165, 1.54) is 0 Å². The van der Waals surface area contributed by atoms with Gasteiger partial charge in [0.2, 0.25) is 29.5 Å². The van der Waals surface area contributed by atoms with E-state index in [0.29, 0.717) is 0 Å². The summed E-state index contributed by atoms with van der Waals surface area (Å²) in [5, 5.41) is 0. The Kier molecular flexibility index (Phi) is 3.38. The van der Waals surface area contributed by atoms with E-state index in [-0.39, 0.29) is 29.5 Å². The third-order valence-electron chi connectivity index (χ3n) is 1.86. The van der Waals surface area contributed by atoms with Crippen LogP contribution in [0.15, 0.2) is 38.3 Å². The van der Waals surface area contributed by atoms with Crippen molar-refractivity contribution in [1.82, 2.24) is 12.7 Å². The van der Waals surface area contributed by atoms with Crippen molar-refractivity contribution < 1.29 is 0 Å². The Bertz CT molecular complexity index is 157. The predicted molar refractivity (Wildman–Crippen MR) is 61.7 cm³/mol. The molecule has 0 aromatic heterocycles. The van der Waals surface area contributed by atoms with Crippen LogP contribution in [0, 0.1) is 0 Å². The van der Waals surface area contributed by atoms with Gasteiger partial charge in [-0.25, -0.2) is 0 Å². The Morgan fingerprint density at radius 1 is 0.667 bits per heavy atom. The molecule has 6 heteroatoms. The molecule has 3 nitrogen and oxygen atoms in total. The zero-order valence-electron chi connectivity index (χ0n) is 7.32. The molecule has 1 heterocycles. The molecule has 1 aliphatic rings. The minimum absolute atomic E-state index is 0.240. The largest absolute Gasteiger partial charge is 0.409 e. The van der Waals surface area contributed by atoms with Crippen molar-refractivity contribution in [3.8, 4) is 0 Å². The molecular formula is C6H15N3Si3. The molecular weight excluding hydrogens is 198 g/mol. The molecule has 0 aliphatic carbocycles. The summed E-state index contributed by atoms with van der Waals surface area (Å²) in [4.78, 5) is 0. The molecule has 0 aromatic carbocycles. The van der Waals surface area contributed by atoms with Gasteiger partial charge in [0.1, 0.15) is 0 Å². The third-order valence-corrected chi connectivity index (χ3v) is 9.19. The fourth-order valence-electron chi connectivity index (χ4n) is 1.18. The van der Waals surface area contributed by atoms with Crippen molar-refractivity contribution in [2.24, 2.45) is 0 Å². The summed E-state index contributed by atoms with van der Waals surface area (Å²) in [6.45, 7) is 11.4. The fourth-order valence-corrected chi connectivity index (χ4v) is 11.5. The van der Waals surface area contributed by atoms with Gasteiger partial charge in [0, 0.05) is 0 Å². The second-order valence-corrected chi connectivity index (χ2v) is 11.1. The van der Waals surface area contributed by atoms with Crippen LogP contribution in [-0.4, -0.2) is 42.2 Å². The van der Waals surface area contributed by atoms with Gasteiger partial charge in [0.15, 0.2) is 0 Å². The molecule has 66 valence electrons. The van der Waals surface area contributed by atoms with Gasteiger partial charge < -0.3 is 12.7 Å². The van der Waals surface area contributed by atoms with Gasteiger partial charge in [0.25, 0.3) is 0 Å². The maximum atomic E-state index is 3.81. The molecule has 1 aliphatic heterocycles. The number of hydrogen-bond acceptors (Lipinski definition) is 3. The molecule has 0 amide bonds. The van der Waals surface area contributed by atoms with Gasteiger partial charge in [-0.2, -0.15) is 0 Å². The van der Waals surface area contributed by atoms with Crippen LogP contribution in [0.3, 0.4) is 0 Å². The van der Waals surface area contributed by atoms with Gasteiger partial charge in [-0.15, -0.1) is 0 Å². The van der Waals surface area contributed by atoms with Crippen molar-refractivity contribution in [3.05, 3.63) is 38.3 Å². The molecule has 0 N–H and O–H groups in total. The first-order chi connectivity index (χ1) is 5.80. The highest BCUT2D eigenvalue weighted by Crippen LogP contribution is 2.01. The zero-order chi connectivity index (χ0) is 8.97. The molecule has 0 radical (unpaired) electrons. The van der Waals surface area contributed by atoms with Crippen LogP contribution >= 0.6 is 0 Å². The molecule has 0 spiro atoms. The zero-order valence-corrected chi connectivity index (χ0v) is 11.6. The first kappa shape index (κ1) is 9.36. The monoisotopic (exact) mass is 213 g/mol. The summed E-state index contributed by atoms with van der Waals surface area (Å²) in [5.41, 5.74) is 0. The van der Waals surface area contributed by atoms with Crippen molar-refractivity contribution >= 4 is 29.5 Å². The minimum atomic E-state index is -0.240. The number of rotatable bonds is 3. The Hall–Kier alpha value is -0.729. The van der Waals surface area contributed by atoms with E-state index in [2.05, 4.69) is 32.4 Å². The highest BCUT2D eigenvalue weighted by atomic mass is 28.4. The van der Waals surface area contributed by atoms with Crippen molar-refractivity contribution in [3.63, 3.8) is 0 Å². The lowest BCUT2D eigenvalue weighted by Gasteiger charge is -2.40. The Morgan fingerprint density at radius 3 is 1.08 bits per heavy atom. The van der Waals surface area contributed by atoms with Crippen LogP contribution in [-0.2, 0) is 0 Å². The topological polar surface area (TPSA) is 9.72 Å². The molecule has 0 atom stereocenters. The van der Waals surface area contributed by atoms with Crippen LogP contribution < -0.4 is 0 Å². The summed E-state index contributed by atoms with van der Waals surface area (Å²) >= 11 is 0. The van der Waals surface area contributed by atoms with Crippen LogP contribution in [0.5, 0.6) is 0 Å². The smallest absolute Gasteiger partial charge is 0.215 e. The van der Waals surface area contributed by atoms with Crippen molar-refractivity contribution in [2.75, 3.05) is 0 Å². The Labute approximate surface area is 81.0 Å². The lowest BCUT2D eigenvalue weighted by molar-refractivity contribution is 0.677. The maximum absolute atomic E-state index is 3.81. The average Bonchev–Trinajstić information content (AvgIpc) is 2.16. The van der Waals surface area contributed by atoms with E-state index < -0.39 is 0 Å². The van der Waals surface area contributed by atoms with Crippen LogP contribution in [0.4, 0.5) is 0 Å². The molecule has 1 saturated heterocycles. The highest BCUT2D eigenvalue weighted by Gasteiger charge is 2.17. The van der Waals surface area contributed by atoms with E-state index >= 15 is 0 Å². The summed E-state index contributed by atoms with van der Waals surface area (Å²) < 4.78 is 7.21. The SMILES string of the molecule is C=CN1[SiH2]N(C=C)[SiH2]N(C=C)[SiH2]1. The normalized spacial score (nSPS) is 23.5. The van der Waals surface area contributed by atoms with E-state index in [0.717, 1.165) is 0 Å². The molecule has 12 heavy (non-hydrogen) atoms. The quantitative estimate of drug-likeness (QED) is 0.519. The van der Waals surface area contributed by atoms with Gasteiger partial charge in [-0.3, -0.25) is 0 Å². The van der Waals surface area contributed by atoms with Gasteiger partial charge in [0.05, 0.1) is 0 Å². The molecule has 0 aromatic rings. The fraction of sp³-hybridized carbons (Fsp3) is 0. The highest BCUT2D eigenvalue weighted by molar-refractivity contribution is 6.65. The summed E-state index contributed by atoms with van der Waals surface area (Å²) in [7, 11) is -0.720. The third kappa shape index (κ3) is 2.13. The molecule has 0 saturated carbocycles. The molecule has 1 fully saturated rings. The van der Waals surface area contributed by atoms with Crippen LogP contribution in [0.25, 0.3) is 0 Å². The summed E-state index contributed by atoms with van der Waals surface area (Å²) in [6, 6.07) is 0. The Balaban J connectivity index is 2.57. The first-order valence-electron chi connectivity index (χ1n) is 3.90. The van der Waals surface area contributed by atoms with Gasteiger partial charge >= 0.3 is 0 Å². The lowest BCUT2D eigenvalue weighted by atomic mass is 11.1. The van der Waals surface area contributed by atoms with Crippen LogP contribution in [0.2, 0.25) is 0 Å². The predicted octanol–water partition coefficient (Wildman–Crippen LogP) is -1.67. The maximum Gasteiger partial charge on any atom is 0.215 e. The summed E-state index contributed by atoms with van der Waals surface area (Å²) in [6.07, 6.45) is 5.91. The first-order valence-corrected chi connectivity index (χ1v) is 7.69.